The lowest BCUT2D eigenvalue weighted by Gasteiger charge is -2.09. The van der Waals surface area contributed by atoms with E-state index in [2.05, 4.69) is 12.2 Å². The molecular weight excluding hydrogens is 240 g/mol. The molecule has 1 aromatic heterocycles. The molecule has 1 saturated heterocycles. The molecule has 2 unspecified atom stereocenters. The van der Waals surface area contributed by atoms with Gasteiger partial charge in [-0.1, -0.05) is 18.5 Å². The molecule has 0 aliphatic carbocycles. The Morgan fingerprint density at radius 1 is 1.44 bits per heavy atom. The Morgan fingerprint density at radius 2 is 2.31 bits per heavy atom. The Balaban J connectivity index is 2.04. The fraction of sp³-hybridized carbons (Fsp3) is 0.417. The van der Waals surface area contributed by atoms with Gasteiger partial charge in [-0.25, -0.2) is 4.98 Å². The molecule has 2 atom stereocenters. The number of hydrogen-bond acceptors (Lipinski definition) is 3. The number of benzene rings is 1. The summed E-state index contributed by atoms with van der Waals surface area (Å²) in [5, 5.41) is 5.45. The van der Waals surface area contributed by atoms with E-state index in [9.17, 15) is 0 Å². The van der Waals surface area contributed by atoms with Crippen molar-refractivity contribution in [1.29, 1.82) is 0 Å². The molecule has 84 valence electrons. The van der Waals surface area contributed by atoms with Crippen molar-refractivity contribution in [3.05, 3.63) is 28.2 Å². The number of fused-ring (bicyclic) bond motifs is 1. The number of rotatable bonds is 1. The smallest absolute Gasteiger partial charge is 0.0985 e. The molecule has 0 amide bonds. The minimum Gasteiger partial charge on any atom is -0.316 e. The Hall–Kier alpha value is -0.640. The van der Waals surface area contributed by atoms with E-state index in [-0.39, 0.29) is 0 Å². The van der Waals surface area contributed by atoms with Crippen LogP contribution in [0.15, 0.2) is 18.2 Å². The molecule has 0 bridgehead atoms. The van der Waals surface area contributed by atoms with E-state index in [0.717, 1.165) is 23.6 Å². The van der Waals surface area contributed by atoms with E-state index in [1.807, 2.05) is 18.2 Å². The van der Waals surface area contributed by atoms with Gasteiger partial charge in [0.15, 0.2) is 0 Å². The Morgan fingerprint density at radius 3 is 3.06 bits per heavy atom. The van der Waals surface area contributed by atoms with Crippen LogP contribution in [-0.2, 0) is 0 Å². The quantitative estimate of drug-likeness (QED) is 0.843. The number of nitrogens with one attached hydrogen (secondary N) is 1. The fourth-order valence-electron chi connectivity index (χ4n) is 2.22. The SMILES string of the molecule is CC1CNCC1c1nc2ccc(Cl)cc2s1. The first-order valence-electron chi connectivity index (χ1n) is 5.51. The summed E-state index contributed by atoms with van der Waals surface area (Å²) in [5.41, 5.74) is 1.07. The predicted octanol–water partition coefficient (Wildman–Crippen LogP) is 3.27. The lowest BCUT2D eigenvalue weighted by Crippen LogP contribution is -2.07. The molecule has 1 aromatic carbocycles. The topological polar surface area (TPSA) is 24.9 Å². The van der Waals surface area contributed by atoms with Crippen LogP contribution in [0.25, 0.3) is 10.2 Å². The molecule has 2 aromatic rings. The van der Waals surface area contributed by atoms with Crippen molar-refractivity contribution >= 4 is 33.2 Å². The third-order valence-electron chi connectivity index (χ3n) is 3.20. The highest BCUT2D eigenvalue weighted by Gasteiger charge is 2.27. The summed E-state index contributed by atoms with van der Waals surface area (Å²) in [7, 11) is 0. The molecule has 1 aliphatic rings. The minimum absolute atomic E-state index is 0.566. The van der Waals surface area contributed by atoms with Crippen LogP contribution in [0.2, 0.25) is 5.02 Å². The van der Waals surface area contributed by atoms with Crippen LogP contribution in [0.4, 0.5) is 0 Å². The first-order valence-corrected chi connectivity index (χ1v) is 6.70. The second kappa shape index (κ2) is 3.99. The van der Waals surface area contributed by atoms with Gasteiger partial charge in [0.25, 0.3) is 0 Å². The normalized spacial score (nSPS) is 25.4. The molecule has 2 nitrogen and oxygen atoms in total. The maximum atomic E-state index is 5.98. The number of hydrogen-bond donors (Lipinski definition) is 1. The summed E-state index contributed by atoms with van der Waals surface area (Å²) in [4.78, 5) is 4.71. The van der Waals surface area contributed by atoms with Crippen molar-refractivity contribution in [2.24, 2.45) is 5.92 Å². The van der Waals surface area contributed by atoms with Gasteiger partial charge in [-0.3, -0.25) is 0 Å². The number of aromatic nitrogens is 1. The summed E-state index contributed by atoms with van der Waals surface area (Å²) in [6.45, 7) is 4.43. The van der Waals surface area contributed by atoms with E-state index in [4.69, 9.17) is 16.6 Å². The van der Waals surface area contributed by atoms with Crippen molar-refractivity contribution in [3.8, 4) is 0 Å². The third-order valence-corrected chi connectivity index (χ3v) is 4.59. The van der Waals surface area contributed by atoms with Gasteiger partial charge < -0.3 is 5.32 Å². The second-order valence-electron chi connectivity index (χ2n) is 4.41. The molecule has 3 rings (SSSR count). The maximum absolute atomic E-state index is 5.98. The van der Waals surface area contributed by atoms with E-state index in [1.165, 1.54) is 9.71 Å². The Labute approximate surface area is 104 Å². The summed E-state index contributed by atoms with van der Waals surface area (Å²) < 4.78 is 1.20. The summed E-state index contributed by atoms with van der Waals surface area (Å²) in [6.07, 6.45) is 0. The van der Waals surface area contributed by atoms with Crippen molar-refractivity contribution in [3.63, 3.8) is 0 Å². The standard InChI is InChI=1S/C12H13ClN2S/c1-7-5-14-6-9(7)12-15-10-3-2-8(13)4-11(10)16-12/h2-4,7,9,14H,5-6H2,1H3. The van der Waals surface area contributed by atoms with E-state index in [0.29, 0.717) is 11.8 Å². The molecule has 4 heteroatoms. The van der Waals surface area contributed by atoms with Crippen molar-refractivity contribution < 1.29 is 0 Å². The monoisotopic (exact) mass is 252 g/mol. The summed E-state index contributed by atoms with van der Waals surface area (Å²) >= 11 is 7.76. The zero-order valence-electron chi connectivity index (χ0n) is 9.03. The van der Waals surface area contributed by atoms with Crippen LogP contribution in [0.3, 0.4) is 0 Å². The van der Waals surface area contributed by atoms with E-state index in [1.54, 1.807) is 11.3 Å². The molecule has 1 N–H and O–H groups in total. The van der Waals surface area contributed by atoms with Gasteiger partial charge in [0.1, 0.15) is 0 Å². The lowest BCUT2D eigenvalue weighted by molar-refractivity contribution is 0.570. The van der Waals surface area contributed by atoms with Gasteiger partial charge in [0.2, 0.25) is 0 Å². The van der Waals surface area contributed by atoms with E-state index < -0.39 is 0 Å². The fourth-order valence-corrected chi connectivity index (χ4v) is 3.69. The average Bonchev–Trinajstić information content (AvgIpc) is 2.82. The Kier molecular flexibility index (Phi) is 2.62. The Bertz CT molecular complexity index is 523. The van der Waals surface area contributed by atoms with Gasteiger partial charge in [0, 0.05) is 17.5 Å². The van der Waals surface area contributed by atoms with Crippen LogP contribution in [0, 0.1) is 5.92 Å². The van der Waals surface area contributed by atoms with Gasteiger partial charge in [-0.05, 0) is 30.7 Å². The van der Waals surface area contributed by atoms with Crippen molar-refractivity contribution in [2.75, 3.05) is 13.1 Å². The van der Waals surface area contributed by atoms with Gasteiger partial charge in [0.05, 0.1) is 15.2 Å². The first-order chi connectivity index (χ1) is 7.74. The first kappa shape index (κ1) is 10.5. The van der Waals surface area contributed by atoms with Gasteiger partial charge in [-0.15, -0.1) is 11.3 Å². The molecule has 1 aliphatic heterocycles. The van der Waals surface area contributed by atoms with Crippen molar-refractivity contribution in [1.82, 2.24) is 10.3 Å². The molecule has 0 spiro atoms. The maximum Gasteiger partial charge on any atom is 0.0985 e. The molecular formula is C12H13ClN2S. The largest absolute Gasteiger partial charge is 0.316 e. The van der Waals surface area contributed by atoms with Crippen LogP contribution < -0.4 is 5.32 Å². The summed E-state index contributed by atoms with van der Waals surface area (Å²) in [5.74, 6) is 1.24. The van der Waals surface area contributed by atoms with Crippen LogP contribution in [-0.4, -0.2) is 18.1 Å². The number of thiazole rings is 1. The predicted molar refractivity (Wildman–Crippen MR) is 69.4 cm³/mol. The molecule has 0 radical (unpaired) electrons. The third kappa shape index (κ3) is 1.73. The average molecular weight is 253 g/mol. The van der Waals surface area contributed by atoms with Crippen LogP contribution >= 0.6 is 22.9 Å². The zero-order chi connectivity index (χ0) is 11.1. The highest BCUT2D eigenvalue weighted by Crippen LogP contribution is 2.34. The summed E-state index contributed by atoms with van der Waals surface area (Å²) in [6, 6.07) is 5.92. The minimum atomic E-state index is 0.566. The van der Waals surface area contributed by atoms with Crippen LogP contribution in [0.5, 0.6) is 0 Å². The molecule has 1 fully saturated rings. The lowest BCUT2D eigenvalue weighted by atomic mass is 9.99. The molecule has 16 heavy (non-hydrogen) atoms. The van der Waals surface area contributed by atoms with Crippen LogP contribution in [0.1, 0.15) is 17.8 Å². The second-order valence-corrected chi connectivity index (χ2v) is 5.90. The number of halogens is 1. The van der Waals surface area contributed by atoms with E-state index >= 15 is 0 Å². The number of nitrogens with zero attached hydrogens (tertiary/aromatic N) is 1. The molecule has 0 saturated carbocycles. The molecule has 2 heterocycles. The zero-order valence-corrected chi connectivity index (χ0v) is 10.6. The highest BCUT2D eigenvalue weighted by molar-refractivity contribution is 7.18. The van der Waals surface area contributed by atoms with Gasteiger partial charge in [-0.2, -0.15) is 0 Å². The van der Waals surface area contributed by atoms with Gasteiger partial charge >= 0.3 is 0 Å². The highest BCUT2D eigenvalue weighted by atomic mass is 35.5. The van der Waals surface area contributed by atoms with Crippen molar-refractivity contribution in [2.45, 2.75) is 12.8 Å².